The Morgan fingerprint density at radius 2 is 1.83 bits per heavy atom. The fourth-order valence-corrected chi connectivity index (χ4v) is 3.27. The minimum atomic E-state index is -0.359. The van der Waals surface area contributed by atoms with Gasteiger partial charge in [-0.05, 0) is 43.3 Å². The van der Waals surface area contributed by atoms with E-state index in [1.165, 1.54) is 4.68 Å². The highest BCUT2D eigenvalue weighted by atomic mass is 35.5. The molecule has 0 saturated heterocycles. The fourth-order valence-electron chi connectivity index (χ4n) is 3.15. The molecule has 0 unspecified atom stereocenters. The van der Waals surface area contributed by atoms with E-state index < -0.39 is 0 Å². The van der Waals surface area contributed by atoms with E-state index in [-0.39, 0.29) is 18.0 Å². The van der Waals surface area contributed by atoms with Crippen LogP contribution in [0.2, 0.25) is 5.02 Å². The number of halogens is 1. The normalized spacial score (nSPS) is 10.5. The first-order valence-electron chi connectivity index (χ1n) is 9.24. The van der Waals surface area contributed by atoms with Crippen LogP contribution < -0.4 is 20.3 Å². The number of aryl methyl sites for hydroxylation is 1. The third-order valence-corrected chi connectivity index (χ3v) is 4.71. The number of amides is 1. The van der Waals surface area contributed by atoms with Crippen molar-refractivity contribution >= 4 is 23.2 Å². The molecule has 0 aliphatic carbocycles. The molecule has 156 valence electrons. The second-order valence-corrected chi connectivity index (χ2v) is 7.09. The molecule has 1 amide bonds. The maximum atomic E-state index is 12.9. The number of methoxy groups -OCH3 is 2. The average Bonchev–Trinajstić information content (AvgIpc) is 2.72. The molecule has 0 spiro atoms. The van der Waals surface area contributed by atoms with Crippen LogP contribution in [0.25, 0.3) is 0 Å². The molecule has 1 N–H and O–H groups in total. The van der Waals surface area contributed by atoms with Gasteiger partial charge >= 0.3 is 0 Å². The predicted octanol–water partition coefficient (Wildman–Crippen LogP) is 3.45. The SMILES string of the molecule is COc1cccc(Cc2cc(C)nn(CC(=O)Nc3ccc(Cl)cc3)c2=O)c1OC. The molecular formula is C22H22ClN3O4. The van der Waals surface area contributed by atoms with Gasteiger partial charge in [0.1, 0.15) is 6.54 Å². The molecule has 0 saturated carbocycles. The van der Waals surface area contributed by atoms with Gasteiger partial charge in [-0.1, -0.05) is 23.7 Å². The quantitative estimate of drug-likeness (QED) is 0.624. The molecule has 30 heavy (non-hydrogen) atoms. The number of benzene rings is 2. The zero-order valence-corrected chi connectivity index (χ0v) is 17.7. The van der Waals surface area contributed by atoms with Gasteiger partial charge in [-0.25, -0.2) is 4.68 Å². The van der Waals surface area contributed by atoms with Crippen LogP contribution in [0.1, 0.15) is 16.8 Å². The number of carbonyl (C=O) groups excluding carboxylic acids is 1. The summed E-state index contributed by atoms with van der Waals surface area (Å²) >= 11 is 5.86. The lowest BCUT2D eigenvalue weighted by molar-refractivity contribution is -0.117. The molecule has 3 rings (SSSR count). The molecule has 0 fully saturated rings. The van der Waals surface area contributed by atoms with Gasteiger partial charge in [0.05, 0.1) is 19.9 Å². The standard InChI is InChI=1S/C22H22ClN3O4/c1-14-11-16(12-15-5-4-6-19(29-2)21(15)30-3)22(28)26(25-14)13-20(27)24-18-9-7-17(23)8-10-18/h4-11H,12-13H2,1-3H3,(H,24,27). The minimum absolute atomic E-state index is 0.203. The number of ether oxygens (including phenoxy) is 2. The molecule has 8 heteroatoms. The summed E-state index contributed by atoms with van der Waals surface area (Å²) in [7, 11) is 3.11. The van der Waals surface area contributed by atoms with Gasteiger partial charge in [-0.15, -0.1) is 0 Å². The van der Waals surface area contributed by atoms with Gasteiger partial charge in [0.25, 0.3) is 5.56 Å². The van der Waals surface area contributed by atoms with Gasteiger partial charge in [-0.3, -0.25) is 9.59 Å². The lowest BCUT2D eigenvalue weighted by Gasteiger charge is -2.13. The van der Waals surface area contributed by atoms with Crippen molar-refractivity contribution in [1.29, 1.82) is 0 Å². The first kappa shape index (κ1) is 21.4. The Kier molecular flexibility index (Phi) is 6.74. The van der Waals surface area contributed by atoms with Crippen molar-refractivity contribution in [1.82, 2.24) is 9.78 Å². The van der Waals surface area contributed by atoms with Crippen LogP contribution in [0.15, 0.2) is 53.3 Å². The van der Waals surface area contributed by atoms with E-state index in [1.54, 1.807) is 57.5 Å². The van der Waals surface area contributed by atoms with Crippen molar-refractivity contribution < 1.29 is 14.3 Å². The number of aromatic nitrogens is 2. The Morgan fingerprint density at radius 1 is 1.10 bits per heavy atom. The Bertz CT molecular complexity index is 1110. The Labute approximate surface area is 179 Å². The van der Waals surface area contributed by atoms with Crippen molar-refractivity contribution in [2.45, 2.75) is 19.9 Å². The molecular weight excluding hydrogens is 406 g/mol. The third-order valence-electron chi connectivity index (χ3n) is 4.46. The van der Waals surface area contributed by atoms with Crippen LogP contribution in [0.5, 0.6) is 11.5 Å². The summed E-state index contributed by atoms with van der Waals surface area (Å²) in [5, 5.41) is 7.52. The number of para-hydroxylation sites is 1. The van der Waals surface area contributed by atoms with Gasteiger partial charge in [0, 0.05) is 28.3 Å². The van der Waals surface area contributed by atoms with Crippen molar-refractivity contribution in [3.8, 4) is 11.5 Å². The number of hydrogen-bond acceptors (Lipinski definition) is 5. The highest BCUT2D eigenvalue weighted by Gasteiger charge is 2.15. The summed E-state index contributed by atoms with van der Waals surface area (Å²) in [4.78, 5) is 25.3. The molecule has 1 aromatic heterocycles. The first-order valence-corrected chi connectivity index (χ1v) is 9.62. The number of anilines is 1. The summed E-state index contributed by atoms with van der Waals surface area (Å²) < 4.78 is 12.0. The average molecular weight is 428 g/mol. The highest BCUT2D eigenvalue weighted by Crippen LogP contribution is 2.31. The Balaban J connectivity index is 1.84. The number of nitrogens with one attached hydrogen (secondary N) is 1. The monoisotopic (exact) mass is 427 g/mol. The molecule has 3 aromatic rings. The molecule has 0 aliphatic heterocycles. The van der Waals surface area contributed by atoms with E-state index in [0.29, 0.717) is 39.9 Å². The number of rotatable bonds is 7. The highest BCUT2D eigenvalue weighted by molar-refractivity contribution is 6.30. The second kappa shape index (κ2) is 9.45. The second-order valence-electron chi connectivity index (χ2n) is 6.66. The smallest absolute Gasteiger partial charge is 0.270 e. The molecule has 0 aliphatic rings. The number of carbonyl (C=O) groups is 1. The van der Waals surface area contributed by atoms with Crippen LogP contribution in [0.3, 0.4) is 0 Å². The van der Waals surface area contributed by atoms with E-state index in [4.69, 9.17) is 21.1 Å². The zero-order valence-electron chi connectivity index (χ0n) is 16.9. The Morgan fingerprint density at radius 3 is 2.50 bits per heavy atom. The maximum Gasteiger partial charge on any atom is 0.270 e. The molecule has 1 heterocycles. The van der Waals surface area contributed by atoms with Crippen LogP contribution in [0.4, 0.5) is 5.69 Å². The lowest BCUT2D eigenvalue weighted by Crippen LogP contribution is -2.32. The zero-order chi connectivity index (χ0) is 21.7. The van der Waals surface area contributed by atoms with Crippen LogP contribution in [-0.4, -0.2) is 29.9 Å². The van der Waals surface area contributed by atoms with Crippen molar-refractivity contribution in [3.63, 3.8) is 0 Å². The van der Waals surface area contributed by atoms with Crippen molar-refractivity contribution in [2.75, 3.05) is 19.5 Å². The third kappa shape index (κ3) is 4.99. The van der Waals surface area contributed by atoms with Gasteiger partial charge in [-0.2, -0.15) is 5.10 Å². The van der Waals surface area contributed by atoms with E-state index in [9.17, 15) is 9.59 Å². The molecule has 0 radical (unpaired) electrons. The molecule has 0 atom stereocenters. The Hall–Kier alpha value is -3.32. The molecule has 2 aromatic carbocycles. The first-order chi connectivity index (χ1) is 14.4. The summed E-state index contributed by atoms with van der Waals surface area (Å²) in [6.07, 6.45) is 0.321. The van der Waals surface area contributed by atoms with Crippen LogP contribution >= 0.6 is 11.6 Å². The topological polar surface area (TPSA) is 82.5 Å². The van der Waals surface area contributed by atoms with Crippen LogP contribution in [-0.2, 0) is 17.8 Å². The maximum absolute atomic E-state index is 12.9. The van der Waals surface area contributed by atoms with E-state index in [2.05, 4.69) is 10.4 Å². The van der Waals surface area contributed by atoms with Crippen molar-refractivity contribution in [3.05, 3.63) is 80.7 Å². The summed E-state index contributed by atoms with van der Waals surface area (Å²) in [6.45, 7) is 1.57. The minimum Gasteiger partial charge on any atom is -0.493 e. The summed E-state index contributed by atoms with van der Waals surface area (Å²) in [6, 6.07) is 13.9. The molecule has 7 nitrogen and oxygen atoms in total. The predicted molar refractivity (Wildman–Crippen MR) is 116 cm³/mol. The summed E-state index contributed by atoms with van der Waals surface area (Å²) in [5.41, 5.74) is 2.19. The number of hydrogen-bond donors (Lipinski definition) is 1. The molecule has 0 bridgehead atoms. The van der Waals surface area contributed by atoms with Gasteiger partial charge in [0.15, 0.2) is 11.5 Å². The number of nitrogens with zero attached hydrogens (tertiary/aromatic N) is 2. The van der Waals surface area contributed by atoms with E-state index in [1.807, 2.05) is 12.1 Å². The van der Waals surface area contributed by atoms with Crippen LogP contribution in [0, 0.1) is 6.92 Å². The van der Waals surface area contributed by atoms with Crippen molar-refractivity contribution in [2.24, 2.45) is 0 Å². The van der Waals surface area contributed by atoms with Gasteiger partial charge < -0.3 is 14.8 Å². The summed E-state index contributed by atoms with van der Waals surface area (Å²) in [5.74, 6) is 0.798. The fraction of sp³-hybridized carbons (Fsp3) is 0.227. The lowest BCUT2D eigenvalue weighted by atomic mass is 10.0. The largest absolute Gasteiger partial charge is 0.493 e. The van der Waals surface area contributed by atoms with Gasteiger partial charge in [0.2, 0.25) is 5.91 Å². The van der Waals surface area contributed by atoms with E-state index in [0.717, 1.165) is 5.56 Å². The van der Waals surface area contributed by atoms with E-state index >= 15 is 0 Å².